The van der Waals surface area contributed by atoms with Crippen LogP contribution in [0.1, 0.15) is 18.9 Å². The molecule has 0 aliphatic carbocycles. The van der Waals surface area contributed by atoms with Crippen LogP contribution in [0.25, 0.3) is 0 Å². The largest absolute Gasteiger partial charge is 0.484 e. The number of hydrogen-bond acceptors (Lipinski definition) is 5. The maximum Gasteiger partial charge on any atom is 0.416 e. The van der Waals surface area contributed by atoms with E-state index in [-0.39, 0.29) is 5.69 Å². The fourth-order valence-electron chi connectivity index (χ4n) is 3.12. The van der Waals surface area contributed by atoms with Crippen molar-refractivity contribution in [1.82, 2.24) is 10.4 Å². The number of para-hydroxylation sites is 1. The summed E-state index contributed by atoms with van der Waals surface area (Å²) in [5.74, 6) is -2.84. The summed E-state index contributed by atoms with van der Waals surface area (Å²) in [7, 11) is 0. The Kier molecular flexibility index (Phi) is 6.47. The Labute approximate surface area is 180 Å². The highest BCUT2D eigenvalue weighted by atomic mass is 19.4. The van der Waals surface area contributed by atoms with Gasteiger partial charge in [0.1, 0.15) is 11.8 Å². The van der Waals surface area contributed by atoms with Gasteiger partial charge in [-0.05, 0) is 30.3 Å². The molecule has 1 atom stereocenters. The second-order valence-corrected chi connectivity index (χ2v) is 6.86. The molecule has 1 aliphatic heterocycles. The van der Waals surface area contributed by atoms with Crippen molar-refractivity contribution in [2.24, 2.45) is 0 Å². The molecule has 0 aromatic heterocycles. The third-order valence-corrected chi connectivity index (χ3v) is 4.56. The number of nitrogens with zero attached hydrogens (tertiary/aromatic N) is 2. The van der Waals surface area contributed by atoms with E-state index in [9.17, 15) is 32.3 Å². The van der Waals surface area contributed by atoms with Crippen LogP contribution < -0.4 is 15.1 Å². The molecule has 1 fully saturated rings. The summed E-state index contributed by atoms with van der Waals surface area (Å²) in [5, 5.41) is 0.685. The van der Waals surface area contributed by atoms with E-state index in [1.165, 1.54) is 6.07 Å². The number of ether oxygens (including phenoxy) is 1. The van der Waals surface area contributed by atoms with Crippen LogP contribution in [0.15, 0.2) is 54.6 Å². The Morgan fingerprint density at radius 2 is 1.81 bits per heavy atom. The highest BCUT2D eigenvalue weighted by Gasteiger charge is 2.45. The number of alkyl halides is 3. The molecule has 1 N–H and O–H groups in total. The molecule has 32 heavy (non-hydrogen) atoms. The number of carbonyl (C=O) groups excluding carboxylic acids is 4. The minimum absolute atomic E-state index is 0.278. The number of anilines is 1. The van der Waals surface area contributed by atoms with Crippen LogP contribution in [0.2, 0.25) is 0 Å². The molecule has 3 rings (SSSR count). The summed E-state index contributed by atoms with van der Waals surface area (Å²) in [5.41, 5.74) is 0.916. The summed E-state index contributed by atoms with van der Waals surface area (Å²) < 4.78 is 44.3. The molecule has 0 radical (unpaired) electrons. The van der Waals surface area contributed by atoms with E-state index in [1.54, 1.807) is 30.3 Å². The minimum Gasteiger partial charge on any atom is -0.484 e. The SMILES string of the molecule is CC(=O)N(NC(=O)COc1ccccc1)C1CC(=O)N(c2cccc(C(F)(F)F)c2)C1=O. The van der Waals surface area contributed by atoms with Gasteiger partial charge < -0.3 is 4.74 Å². The third kappa shape index (κ3) is 5.05. The molecule has 8 nitrogen and oxygen atoms in total. The van der Waals surface area contributed by atoms with Crippen LogP contribution in [-0.4, -0.2) is 41.3 Å². The van der Waals surface area contributed by atoms with Crippen molar-refractivity contribution in [3.05, 3.63) is 60.2 Å². The van der Waals surface area contributed by atoms with Gasteiger partial charge in [-0.2, -0.15) is 13.2 Å². The molecular formula is C21H18F3N3O5. The molecule has 2 aromatic carbocycles. The van der Waals surface area contributed by atoms with Crippen LogP contribution in [0.3, 0.4) is 0 Å². The molecule has 1 aliphatic rings. The minimum atomic E-state index is -4.67. The predicted octanol–water partition coefficient (Wildman–Crippen LogP) is 2.30. The van der Waals surface area contributed by atoms with Crippen LogP contribution in [0.4, 0.5) is 18.9 Å². The van der Waals surface area contributed by atoms with Gasteiger partial charge in [0.05, 0.1) is 17.7 Å². The normalized spacial score (nSPS) is 16.1. The average molecular weight is 449 g/mol. The van der Waals surface area contributed by atoms with E-state index >= 15 is 0 Å². The molecule has 0 bridgehead atoms. The summed E-state index contributed by atoms with van der Waals surface area (Å²) in [6.45, 7) is 0.600. The van der Waals surface area contributed by atoms with Crippen LogP contribution in [0, 0.1) is 0 Å². The monoisotopic (exact) mass is 449 g/mol. The highest BCUT2D eigenvalue weighted by Crippen LogP contribution is 2.33. The maximum atomic E-state index is 13.0. The second kappa shape index (κ2) is 9.08. The summed E-state index contributed by atoms with van der Waals surface area (Å²) >= 11 is 0. The van der Waals surface area contributed by atoms with Crippen molar-refractivity contribution in [1.29, 1.82) is 0 Å². The standard InChI is InChI=1S/C21H18F3N3O5/c1-13(28)27(25-18(29)12-32-16-8-3-2-4-9-16)17-11-19(30)26(20(17)31)15-7-5-6-14(10-15)21(22,23)24/h2-10,17H,11-12H2,1H3,(H,25,29). The van der Waals surface area contributed by atoms with E-state index in [4.69, 9.17) is 4.74 Å². The van der Waals surface area contributed by atoms with E-state index in [2.05, 4.69) is 5.43 Å². The van der Waals surface area contributed by atoms with Gasteiger partial charge in [-0.15, -0.1) is 0 Å². The van der Waals surface area contributed by atoms with Crippen LogP contribution in [-0.2, 0) is 25.4 Å². The van der Waals surface area contributed by atoms with E-state index < -0.39 is 54.4 Å². The Bertz CT molecular complexity index is 1040. The number of benzene rings is 2. The lowest BCUT2D eigenvalue weighted by Gasteiger charge is -2.26. The van der Waals surface area contributed by atoms with Crippen molar-refractivity contribution >= 4 is 29.3 Å². The van der Waals surface area contributed by atoms with Crippen molar-refractivity contribution in [2.45, 2.75) is 25.6 Å². The first-order chi connectivity index (χ1) is 15.1. The van der Waals surface area contributed by atoms with Gasteiger partial charge >= 0.3 is 6.18 Å². The number of amides is 4. The lowest BCUT2D eigenvalue weighted by atomic mass is 10.2. The summed E-state index contributed by atoms with van der Waals surface area (Å²) in [4.78, 5) is 50.1. The number of imide groups is 1. The fourth-order valence-corrected chi connectivity index (χ4v) is 3.12. The van der Waals surface area contributed by atoms with Gasteiger partial charge in [-0.1, -0.05) is 24.3 Å². The van der Waals surface area contributed by atoms with Crippen molar-refractivity contribution in [3.8, 4) is 5.75 Å². The van der Waals surface area contributed by atoms with E-state index in [0.717, 1.165) is 19.1 Å². The molecule has 4 amide bonds. The maximum absolute atomic E-state index is 13.0. The molecule has 11 heteroatoms. The topological polar surface area (TPSA) is 96.0 Å². The molecule has 2 aromatic rings. The molecule has 1 saturated heterocycles. The smallest absolute Gasteiger partial charge is 0.416 e. The highest BCUT2D eigenvalue weighted by molar-refractivity contribution is 6.23. The number of halogens is 3. The average Bonchev–Trinajstić information content (AvgIpc) is 3.04. The second-order valence-electron chi connectivity index (χ2n) is 6.86. The lowest BCUT2D eigenvalue weighted by molar-refractivity contribution is -0.146. The predicted molar refractivity (Wildman–Crippen MR) is 105 cm³/mol. The number of hydrogen-bond donors (Lipinski definition) is 1. The zero-order valence-electron chi connectivity index (χ0n) is 16.8. The third-order valence-electron chi connectivity index (χ3n) is 4.56. The van der Waals surface area contributed by atoms with Gasteiger partial charge in [0.2, 0.25) is 11.8 Å². The van der Waals surface area contributed by atoms with Crippen LogP contribution in [0.5, 0.6) is 5.75 Å². The summed E-state index contributed by atoms with van der Waals surface area (Å²) in [6, 6.07) is 10.7. The first-order valence-corrected chi connectivity index (χ1v) is 9.39. The molecule has 1 unspecified atom stereocenters. The number of carbonyl (C=O) groups is 4. The molecule has 0 saturated carbocycles. The van der Waals surface area contributed by atoms with Gasteiger partial charge in [-0.3, -0.25) is 24.6 Å². The van der Waals surface area contributed by atoms with Crippen LogP contribution >= 0.6 is 0 Å². The molecule has 0 spiro atoms. The Balaban J connectivity index is 1.74. The first-order valence-electron chi connectivity index (χ1n) is 9.39. The van der Waals surface area contributed by atoms with Gasteiger partial charge in [0, 0.05) is 6.92 Å². The molecule has 1 heterocycles. The van der Waals surface area contributed by atoms with Gasteiger partial charge in [0.25, 0.3) is 11.8 Å². The van der Waals surface area contributed by atoms with Crippen molar-refractivity contribution < 1.29 is 37.1 Å². The first kappa shape index (κ1) is 22.8. The fraction of sp³-hybridized carbons (Fsp3) is 0.238. The molecular weight excluding hydrogens is 431 g/mol. The molecule has 168 valence electrons. The number of hydrazine groups is 1. The van der Waals surface area contributed by atoms with Gasteiger partial charge in [-0.25, -0.2) is 9.91 Å². The van der Waals surface area contributed by atoms with Crippen molar-refractivity contribution in [3.63, 3.8) is 0 Å². The Morgan fingerprint density at radius 1 is 1.12 bits per heavy atom. The Hall–Kier alpha value is -3.89. The van der Waals surface area contributed by atoms with Crippen molar-refractivity contribution in [2.75, 3.05) is 11.5 Å². The number of rotatable bonds is 5. The van der Waals surface area contributed by atoms with E-state index in [1.807, 2.05) is 0 Å². The number of nitrogens with one attached hydrogen (secondary N) is 1. The zero-order valence-corrected chi connectivity index (χ0v) is 16.8. The Morgan fingerprint density at radius 3 is 2.44 bits per heavy atom. The van der Waals surface area contributed by atoms with E-state index in [0.29, 0.717) is 21.7 Å². The quantitative estimate of drug-likeness (QED) is 0.558. The zero-order chi connectivity index (χ0) is 23.5. The lowest BCUT2D eigenvalue weighted by Crippen LogP contribution is -2.54. The van der Waals surface area contributed by atoms with Gasteiger partial charge in [0.15, 0.2) is 6.61 Å². The summed E-state index contributed by atoms with van der Waals surface area (Å²) in [6.07, 6.45) is -5.17.